The van der Waals surface area contributed by atoms with Gasteiger partial charge in [-0.15, -0.1) is 0 Å². The molecule has 0 fully saturated rings. The molecule has 10 aromatic carbocycles. The highest BCUT2D eigenvalue weighted by Crippen LogP contribution is 2.47. The van der Waals surface area contributed by atoms with Crippen molar-refractivity contribution in [3.05, 3.63) is 231 Å². The van der Waals surface area contributed by atoms with Gasteiger partial charge < -0.3 is 9.32 Å². The summed E-state index contributed by atoms with van der Waals surface area (Å²) in [5.74, 6) is 0.610. The van der Waals surface area contributed by atoms with Gasteiger partial charge in [-0.3, -0.25) is 0 Å². The van der Waals surface area contributed by atoms with Gasteiger partial charge in [-0.2, -0.15) is 0 Å². The Balaban J connectivity index is 1.05. The van der Waals surface area contributed by atoms with Gasteiger partial charge in [0.15, 0.2) is 5.58 Å². The van der Waals surface area contributed by atoms with Crippen molar-refractivity contribution in [3.8, 4) is 56.0 Å². The molecule has 0 N–H and O–H groups in total. The molecule has 0 aliphatic heterocycles. The molecule has 0 spiro atoms. The highest BCUT2D eigenvalue weighted by atomic mass is 16.3. The fourth-order valence-electron chi connectivity index (χ4n) is 8.64. The number of rotatable bonds is 8. The molecule has 0 aliphatic rings. The van der Waals surface area contributed by atoms with Crippen LogP contribution in [0.15, 0.2) is 235 Å². The minimum atomic E-state index is 0.610. The molecule has 0 saturated carbocycles. The Hall–Kier alpha value is -8.01. The predicted octanol–water partition coefficient (Wildman–Crippen LogP) is 15.9. The normalized spacial score (nSPS) is 11.3. The molecule has 1 aromatic heterocycles. The Morgan fingerprint density at radius 3 is 1.62 bits per heavy atom. The summed E-state index contributed by atoms with van der Waals surface area (Å²) >= 11 is 0. The number of aromatic nitrogens is 1. The third kappa shape index (κ3) is 6.30. The molecule has 3 nitrogen and oxygen atoms in total. The van der Waals surface area contributed by atoms with Crippen molar-refractivity contribution in [3.63, 3.8) is 0 Å². The molecule has 60 heavy (non-hydrogen) atoms. The molecule has 0 saturated heterocycles. The second kappa shape index (κ2) is 15.1. The Morgan fingerprint density at radius 1 is 0.317 bits per heavy atom. The summed E-state index contributed by atoms with van der Waals surface area (Å²) in [6, 6.07) is 81.9. The van der Waals surface area contributed by atoms with Crippen LogP contribution < -0.4 is 4.90 Å². The van der Waals surface area contributed by atoms with E-state index in [0.717, 1.165) is 72.3 Å². The van der Waals surface area contributed by atoms with Crippen LogP contribution >= 0.6 is 0 Å². The van der Waals surface area contributed by atoms with Crippen molar-refractivity contribution in [1.29, 1.82) is 0 Å². The quantitative estimate of drug-likeness (QED) is 0.154. The number of benzene rings is 10. The number of fused-ring (bicyclic) bond motifs is 4. The molecule has 3 heteroatoms. The monoisotopic (exact) mass is 766 g/mol. The lowest BCUT2D eigenvalue weighted by Crippen LogP contribution is -2.12. The average molecular weight is 767 g/mol. The van der Waals surface area contributed by atoms with Gasteiger partial charge in [-0.05, 0) is 92.0 Å². The van der Waals surface area contributed by atoms with Crippen molar-refractivity contribution in [2.75, 3.05) is 4.90 Å². The van der Waals surface area contributed by atoms with Crippen molar-refractivity contribution >= 4 is 49.7 Å². The molecule has 11 rings (SSSR count). The summed E-state index contributed by atoms with van der Waals surface area (Å²) in [7, 11) is 0. The van der Waals surface area contributed by atoms with Crippen LogP contribution in [0, 0.1) is 0 Å². The van der Waals surface area contributed by atoms with E-state index < -0.39 is 0 Å². The number of anilines is 3. The molecule has 11 aromatic rings. The maximum atomic E-state index is 6.64. The number of oxazole rings is 1. The predicted molar refractivity (Wildman–Crippen MR) is 251 cm³/mol. The zero-order valence-electron chi connectivity index (χ0n) is 32.7. The zero-order chi connectivity index (χ0) is 39.8. The topological polar surface area (TPSA) is 29.3 Å². The van der Waals surface area contributed by atoms with E-state index >= 15 is 0 Å². The first kappa shape index (κ1) is 35.2. The van der Waals surface area contributed by atoms with Gasteiger partial charge in [0, 0.05) is 27.8 Å². The van der Waals surface area contributed by atoms with Crippen molar-refractivity contribution in [1.82, 2.24) is 4.98 Å². The van der Waals surface area contributed by atoms with E-state index in [1.165, 1.54) is 27.5 Å². The van der Waals surface area contributed by atoms with Crippen LogP contribution in [0.25, 0.3) is 88.6 Å². The lowest BCUT2D eigenvalue weighted by molar-refractivity contribution is 0.623. The van der Waals surface area contributed by atoms with Crippen molar-refractivity contribution in [2.45, 2.75) is 0 Å². The standard InChI is InChI=1S/C57H38N2O/c1-3-15-39(16-4-1)40-29-31-44(32-30-40)57-58-53-38-37-50-49(25-14-26-52(50)56(53)60-57)51-23-10-12-28-55(51)59(54-27-11-9-22-48(54)42-17-5-2-6-18-42)45-35-33-43(34-36-45)47-24-13-20-41-19-7-8-21-46(41)47/h1-38H. The van der Waals surface area contributed by atoms with Crippen LogP contribution in [0.5, 0.6) is 0 Å². The molecule has 0 atom stereocenters. The summed E-state index contributed by atoms with van der Waals surface area (Å²) in [6.45, 7) is 0. The van der Waals surface area contributed by atoms with Crippen LogP contribution in [0.1, 0.15) is 0 Å². The molecule has 0 bridgehead atoms. The third-order valence-electron chi connectivity index (χ3n) is 11.5. The first-order valence-corrected chi connectivity index (χ1v) is 20.4. The van der Waals surface area contributed by atoms with E-state index in [4.69, 9.17) is 9.40 Å². The second-order valence-electron chi connectivity index (χ2n) is 15.1. The molecule has 0 unspecified atom stereocenters. The summed E-state index contributed by atoms with van der Waals surface area (Å²) in [6.07, 6.45) is 0. The number of nitrogens with zero attached hydrogens (tertiary/aromatic N) is 2. The second-order valence-corrected chi connectivity index (χ2v) is 15.1. The van der Waals surface area contributed by atoms with Gasteiger partial charge in [0.05, 0.1) is 11.4 Å². The molecule has 0 amide bonds. The maximum absolute atomic E-state index is 6.64. The summed E-state index contributed by atoms with van der Waals surface area (Å²) in [5.41, 5.74) is 15.1. The fourth-order valence-corrected chi connectivity index (χ4v) is 8.64. The van der Waals surface area contributed by atoms with E-state index in [1.807, 2.05) is 6.07 Å². The van der Waals surface area contributed by atoms with Crippen LogP contribution in [0.3, 0.4) is 0 Å². The number of hydrogen-bond donors (Lipinski definition) is 0. The average Bonchev–Trinajstić information content (AvgIpc) is 3.78. The van der Waals surface area contributed by atoms with Crippen molar-refractivity contribution in [2.24, 2.45) is 0 Å². The molecule has 282 valence electrons. The lowest BCUT2D eigenvalue weighted by atomic mass is 9.94. The molecule has 0 aliphatic carbocycles. The Kier molecular flexibility index (Phi) is 8.83. The minimum absolute atomic E-state index is 0.610. The minimum Gasteiger partial charge on any atom is -0.435 e. The highest BCUT2D eigenvalue weighted by Gasteiger charge is 2.22. The van der Waals surface area contributed by atoms with E-state index in [0.29, 0.717) is 5.89 Å². The summed E-state index contributed by atoms with van der Waals surface area (Å²) in [5, 5.41) is 4.60. The SMILES string of the molecule is c1ccc(-c2ccc(-c3nc4ccc5c(-c6ccccc6N(c6ccc(-c7cccc8ccccc78)cc6)c6ccccc6-c6ccccc6)cccc5c4o3)cc2)cc1. The number of hydrogen-bond acceptors (Lipinski definition) is 3. The van der Waals surface area contributed by atoms with E-state index in [2.05, 4.69) is 229 Å². The lowest BCUT2D eigenvalue weighted by Gasteiger charge is -2.30. The Bertz CT molecular complexity index is 3290. The molecular weight excluding hydrogens is 729 g/mol. The van der Waals surface area contributed by atoms with Crippen molar-refractivity contribution < 1.29 is 4.42 Å². The van der Waals surface area contributed by atoms with Gasteiger partial charge in [-0.25, -0.2) is 4.98 Å². The van der Waals surface area contributed by atoms with Crippen LogP contribution in [-0.4, -0.2) is 4.98 Å². The van der Waals surface area contributed by atoms with Gasteiger partial charge in [0.1, 0.15) is 5.52 Å². The zero-order valence-corrected chi connectivity index (χ0v) is 32.7. The number of para-hydroxylation sites is 2. The van der Waals surface area contributed by atoms with Crippen LogP contribution in [0.2, 0.25) is 0 Å². The van der Waals surface area contributed by atoms with Gasteiger partial charge in [0.25, 0.3) is 0 Å². The first-order valence-electron chi connectivity index (χ1n) is 20.4. The van der Waals surface area contributed by atoms with E-state index in [-0.39, 0.29) is 0 Å². The highest BCUT2D eigenvalue weighted by molar-refractivity contribution is 6.11. The Labute approximate surface area is 349 Å². The third-order valence-corrected chi connectivity index (χ3v) is 11.5. The molecule has 0 radical (unpaired) electrons. The van der Waals surface area contributed by atoms with Gasteiger partial charge >= 0.3 is 0 Å². The van der Waals surface area contributed by atoms with Crippen LogP contribution in [-0.2, 0) is 0 Å². The van der Waals surface area contributed by atoms with E-state index in [9.17, 15) is 0 Å². The van der Waals surface area contributed by atoms with Crippen LogP contribution in [0.4, 0.5) is 17.1 Å². The summed E-state index contributed by atoms with van der Waals surface area (Å²) in [4.78, 5) is 7.38. The fraction of sp³-hybridized carbons (Fsp3) is 0. The smallest absolute Gasteiger partial charge is 0.227 e. The molecular formula is C57H38N2O. The maximum Gasteiger partial charge on any atom is 0.227 e. The van der Waals surface area contributed by atoms with Gasteiger partial charge in [-0.1, -0.05) is 188 Å². The molecule has 1 heterocycles. The van der Waals surface area contributed by atoms with E-state index in [1.54, 1.807) is 0 Å². The summed E-state index contributed by atoms with van der Waals surface area (Å²) < 4.78 is 6.64. The van der Waals surface area contributed by atoms with Gasteiger partial charge in [0.2, 0.25) is 5.89 Å². The Morgan fingerprint density at radius 2 is 0.833 bits per heavy atom. The first-order chi connectivity index (χ1) is 29.8. The largest absolute Gasteiger partial charge is 0.435 e.